The lowest BCUT2D eigenvalue weighted by atomic mass is 10.0. The molecule has 0 radical (unpaired) electrons. The number of hydrogen-bond acceptors (Lipinski definition) is 5. The Morgan fingerprint density at radius 3 is 2.17 bits per heavy atom. The predicted octanol–water partition coefficient (Wildman–Crippen LogP) is 2.20. The van der Waals surface area contributed by atoms with Gasteiger partial charge < -0.3 is 10.0 Å². The number of anilines is 1. The summed E-state index contributed by atoms with van der Waals surface area (Å²) < 4.78 is 0. The normalized spacial score (nSPS) is 18.0. The summed E-state index contributed by atoms with van der Waals surface area (Å²) in [6.45, 7) is 7.44. The number of rotatable bonds is 5. The molecule has 4 rings (SSSR count). The number of benzene rings is 2. The lowest BCUT2D eigenvalue weighted by Gasteiger charge is -2.36. The molecule has 2 amide bonds. The number of amides is 2. The maximum absolute atomic E-state index is 13.6. The van der Waals surface area contributed by atoms with E-state index < -0.39 is 0 Å². The van der Waals surface area contributed by atoms with Crippen LogP contribution in [0.5, 0.6) is 0 Å². The van der Waals surface area contributed by atoms with Crippen LogP contribution in [0.2, 0.25) is 0 Å². The van der Waals surface area contributed by atoms with Crippen LogP contribution in [0.4, 0.5) is 5.69 Å². The van der Waals surface area contributed by atoms with Gasteiger partial charge in [-0.3, -0.25) is 14.5 Å². The number of aliphatic hydroxyl groups excluding tert-OH is 1. The lowest BCUT2D eigenvalue weighted by molar-refractivity contribution is -0.120. The highest BCUT2D eigenvalue weighted by molar-refractivity contribution is 6.45. The molecule has 0 saturated carbocycles. The molecule has 156 valence electrons. The SMILES string of the molecule is Cc1ccc(C2=C(N3CCN(CCO)CC3)C(=O)N(c3ccccc3C)C2=O)cc1. The van der Waals surface area contributed by atoms with Gasteiger partial charge in [-0.05, 0) is 31.0 Å². The zero-order valence-electron chi connectivity index (χ0n) is 17.5. The standard InChI is InChI=1S/C24H27N3O3/c1-17-7-9-19(10-8-17)21-22(26-13-11-25(12-14-26)15-16-28)24(30)27(23(21)29)20-6-4-3-5-18(20)2/h3-10,28H,11-16H2,1-2H3. The smallest absolute Gasteiger partial charge is 0.282 e. The fourth-order valence-electron chi connectivity index (χ4n) is 4.16. The number of hydrogen-bond donors (Lipinski definition) is 1. The molecule has 30 heavy (non-hydrogen) atoms. The van der Waals surface area contributed by atoms with Crippen LogP contribution in [-0.2, 0) is 9.59 Å². The summed E-state index contributed by atoms with van der Waals surface area (Å²) in [4.78, 5) is 32.6. The van der Waals surface area contributed by atoms with Crippen molar-refractivity contribution in [2.45, 2.75) is 13.8 Å². The van der Waals surface area contributed by atoms with Crippen molar-refractivity contribution in [3.63, 3.8) is 0 Å². The van der Waals surface area contributed by atoms with E-state index in [0.717, 1.165) is 29.8 Å². The van der Waals surface area contributed by atoms with E-state index in [4.69, 9.17) is 0 Å². The molecule has 2 heterocycles. The fraction of sp³-hybridized carbons (Fsp3) is 0.333. The first-order chi connectivity index (χ1) is 14.5. The first-order valence-corrected chi connectivity index (χ1v) is 10.3. The second-order valence-corrected chi connectivity index (χ2v) is 7.87. The molecule has 2 aliphatic heterocycles. The number of piperazine rings is 1. The summed E-state index contributed by atoms with van der Waals surface area (Å²) in [5.41, 5.74) is 4.34. The summed E-state index contributed by atoms with van der Waals surface area (Å²) in [5, 5.41) is 9.20. The minimum atomic E-state index is -0.272. The molecular weight excluding hydrogens is 378 g/mol. The van der Waals surface area contributed by atoms with Crippen LogP contribution < -0.4 is 4.90 Å². The van der Waals surface area contributed by atoms with Crippen molar-refractivity contribution in [2.75, 3.05) is 44.2 Å². The molecule has 0 unspecified atom stereocenters. The van der Waals surface area contributed by atoms with E-state index in [1.54, 1.807) is 0 Å². The molecule has 6 heteroatoms. The quantitative estimate of drug-likeness (QED) is 0.773. The van der Waals surface area contributed by atoms with E-state index in [9.17, 15) is 14.7 Å². The molecule has 1 N–H and O–H groups in total. The first-order valence-electron chi connectivity index (χ1n) is 10.3. The number of nitrogens with zero attached hydrogens (tertiary/aromatic N) is 3. The molecule has 0 atom stereocenters. The van der Waals surface area contributed by atoms with Crippen LogP contribution in [0.1, 0.15) is 16.7 Å². The Morgan fingerprint density at radius 1 is 0.867 bits per heavy atom. The summed E-state index contributed by atoms with van der Waals surface area (Å²) in [5.74, 6) is -0.536. The molecule has 2 aromatic rings. The topological polar surface area (TPSA) is 64.1 Å². The number of β-amino-alcohol motifs (C(OH)–C–C–N with tert-alkyl or cyclic N) is 1. The highest BCUT2D eigenvalue weighted by Crippen LogP contribution is 2.36. The van der Waals surface area contributed by atoms with Gasteiger partial charge in [-0.15, -0.1) is 0 Å². The van der Waals surface area contributed by atoms with E-state index in [1.807, 2.05) is 67.3 Å². The van der Waals surface area contributed by atoms with Crippen molar-refractivity contribution >= 4 is 23.1 Å². The minimum Gasteiger partial charge on any atom is -0.395 e. The molecule has 0 bridgehead atoms. The molecular formula is C24H27N3O3. The maximum atomic E-state index is 13.6. The zero-order chi connectivity index (χ0) is 21.3. The molecule has 0 aliphatic carbocycles. The van der Waals surface area contributed by atoms with Gasteiger partial charge in [0, 0.05) is 32.7 Å². The van der Waals surface area contributed by atoms with E-state index in [0.29, 0.717) is 36.6 Å². The van der Waals surface area contributed by atoms with Gasteiger partial charge in [0.25, 0.3) is 11.8 Å². The molecule has 0 aromatic heterocycles. The fourth-order valence-corrected chi connectivity index (χ4v) is 4.16. The number of aryl methyl sites for hydroxylation is 2. The highest BCUT2D eigenvalue weighted by Gasteiger charge is 2.43. The second-order valence-electron chi connectivity index (χ2n) is 7.87. The van der Waals surface area contributed by atoms with Gasteiger partial charge in [-0.2, -0.15) is 0 Å². The first kappa shape index (κ1) is 20.3. The van der Waals surface area contributed by atoms with Gasteiger partial charge >= 0.3 is 0 Å². The average Bonchev–Trinajstić information content (AvgIpc) is 3.00. The van der Waals surface area contributed by atoms with Crippen LogP contribution >= 0.6 is 0 Å². The molecule has 2 aliphatic rings. The summed E-state index contributed by atoms with van der Waals surface area (Å²) in [6.07, 6.45) is 0. The second kappa shape index (κ2) is 8.42. The third-order valence-electron chi connectivity index (χ3n) is 5.86. The molecule has 0 spiro atoms. The van der Waals surface area contributed by atoms with Crippen molar-refractivity contribution in [3.05, 3.63) is 70.9 Å². The van der Waals surface area contributed by atoms with Crippen LogP contribution in [0.3, 0.4) is 0 Å². The number of imide groups is 1. The third kappa shape index (κ3) is 3.64. The Kier molecular flexibility index (Phi) is 5.70. The minimum absolute atomic E-state index is 0.121. The maximum Gasteiger partial charge on any atom is 0.282 e. The van der Waals surface area contributed by atoms with Gasteiger partial charge in [-0.25, -0.2) is 4.90 Å². The van der Waals surface area contributed by atoms with Crippen LogP contribution in [0, 0.1) is 13.8 Å². The van der Waals surface area contributed by atoms with Gasteiger partial charge in [0.15, 0.2) is 0 Å². The van der Waals surface area contributed by atoms with E-state index in [2.05, 4.69) is 4.90 Å². The number of para-hydroxylation sites is 1. The summed E-state index contributed by atoms with van der Waals surface area (Å²) in [6, 6.07) is 15.2. The molecule has 2 aromatic carbocycles. The van der Waals surface area contributed by atoms with Crippen LogP contribution in [0.25, 0.3) is 5.57 Å². The summed E-state index contributed by atoms with van der Waals surface area (Å²) >= 11 is 0. The van der Waals surface area contributed by atoms with Gasteiger partial charge in [0.05, 0.1) is 17.9 Å². The Labute approximate surface area is 177 Å². The zero-order valence-corrected chi connectivity index (χ0v) is 17.5. The monoisotopic (exact) mass is 405 g/mol. The van der Waals surface area contributed by atoms with Crippen LogP contribution in [0.15, 0.2) is 54.2 Å². The van der Waals surface area contributed by atoms with Gasteiger partial charge in [0.1, 0.15) is 5.70 Å². The van der Waals surface area contributed by atoms with Gasteiger partial charge in [0.2, 0.25) is 0 Å². The van der Waals surface area contributed by atoms with Crippen molar-refractivity contribution in [1.29, 1.82) is 0 Å². The number of aliphatic hydroxyl groups is 1. The van der Waals surface area contributed by atoms with Crippen molar-refractivity contribution in [1.82, 2.24) is 9.80 Å². The van der Waals surface area contributed by atoms with E-state index in [1.165, 1.54) is 4.90 Å². The number of carbonyl (C=O) groups excluding carboxylic acids is 2. The van der Waals surface area contributed by atoms with Crippen molar-refractivity contribution < 1.29 is 14.7 Å². The molecule has 1 fully saturated rings. The van der Waals surface area contributed by atoms with Crippen LogP contribution in [-0.4, -0.2) is 66.1 Å². The highest BCUT2D eigenvalue weighted by atomic mass is 16.3. The Balaban J connectivity index is 1.75. The average molecular weight is 405 g/mol. The molecule has 1 saturated heterocycles. The van der Waals surface area contributed by atoms with Gasteiger partial charge in [-0.1, -0.05) is 48.0 Å². The predicted molar refractivity (Wildman–Crippen MR) is 117 cm³/mol. The lowest BCUT2D eigenvalue weighted by Crippen LogP contribution is -2.48. The Hall–Kier alpha value is -2.96. The Morgan fingerprint density at radius 2 is 1.53 bits per heavy atom. The van der Waals surface area contributed by atoms with E-state index >= 15 is 0 Å². The van der Waals surface area contributed by atoms with E-state index in [-0.39, 0.29) is 18.4 Å². The van der Waals surface area contributed by atoms with Crippen molar-refractivity contribution in [2.24, 2.45) is 0 Å². The third-order valence-corrected chi connectivity index (χ3v) is 5.86. The molecule has 6 nitrogen and oxygen atoms in total. The largest absolute Gasteiger partial charge is 0.395 e. The number of carbonyl (C=O) groups is 2. The Bertz CT molecular complexity index is 989. The summed E-state index contributed by atoms with van der Waals surface area (Å²) in [7, 11) is 0. The van der Waals surface area contributed by atoms with Crippen molar-refractivity contribution in [3.8, 4) is 0 Å².